The second-order valence-corrected chi connectivity index (χ2v) is 5.76. The van der Waals surface area contributed by atoms with Crippen LogP contribution in [0.25, 0.3) is 0 Å². The van der Waals surface area contributed by atoms with E-state index in [0.717, 1.165) is 12.5 Å². The Kier molecular flexibility index (Phi) is 5.11. The van der Waals surface area contributed by atoms with Crippen molar-refractivity contribution in [2.75, 3.05) is 17.6 Å². The summed E-state index contributed by atoms with van der Waals surface area (Å²) in [4.78, 5) is 10.1. The standard InChI is InChI=1S/C11H16N2O5S/c1-3-4-7-19(16,17)12-10-8-9(13(14)15)5-6-11(10)18-2/h5-6,8,12H,3-4,7H2,1-2H3. The van der Waals surface area contributed by atoms with Crippen molar-refractivity contribution in [1.29, 1.82) is 0 Å². The van der Waals surface area contributed by atoms with Crippen LogP contribution in [0.5, 0.6) is 5.75 Å². The Bertz CT molecular complexity index is 556. The van der Waals surface area contributed by atoms with Gasteiger partial charge in [-0.2, -0.15) is 0 Å². The number of nitrogens with one attached hydrogen (secondary N) is 1. The van der Waals surface area contributed by atoms with Gasteiger partial charge in [-0.3, -0.25) is 14.8 Å². The average Bonchev–Trinajstić information content (AvgIpc) is 2.35. The van der Waals surface area contributed by atoms with Gasteiger partial charge in [0.25, 0.3) is 5.69 Å². The van der Waals surface area contributed by atoms with Crippen molar-refractivity contribution in [2.24, 2.45) is 0 Å². The monoisotopic (exact) mass is 288 g/mol. The highest BCUT2D eigenvalue weighted by atomic mass is 32.2. The summed E-state index contributed by atoms with van der Waals surface area (Å²) < 4.78 is 30.8. The van der Waals surface area contributed by atoms with Gasteiger partial charge in [-0.05, 0) is 12.5 Å². The zero-order chi connectivity index (χ0) is 14.5. The molecule has 0 saturated heterocycles. The van der Waals surface area contributed by atoms with E-state index in [1.54, 1.807) is 0 Å². The fraction of sp³-hybridized carbons (Fsp3) is 0.455. The molecule has 0 aliphatic rings. The van der Waals surface area contributed by atoms with E-state index in [1.165, 1.54) is 19.2 Å². The molecule has 8 heteroatoms. The highest BCUT2D eigenvalue weighted by Crippen LogP contribution is 2.29. The summed E-state index contributed by atoms with van der Waals surface area (Å²) in [6.07, 6.45) is 1.26. The predicted octanol–water partition coefficient (Wildman–Crippen LogP) is 2.15. The van der Waals surface area contributed by atoms with Crippen molar-refractivity contribution in [3.8, 4) is 5.75 Å². The highest BCUT2D eigenvalue weighted by Gasteiger charge is 2.16. The van der Waals surface area contributed by atoms with E-state index in [4.69, 9.17) is 4.74 Å². The summed E-state index contributed by atoms with van der Waals surface area (Å²) in [5, 5.41) is 10.7. The quantitative estimate of drug-likeness (QED) is 0.612. The van der Waals surface area contributed by atoms with Crippen LogP contribution in [-0.4, -0.2) is 26.2 Å². The lowest BCUT2D eigenvalue weighted by molar-refractivity contribution is -0.384. The number of anilines is 1. The van der Waals surface area contributed by atoms with Crippen LogP contribution in [0.3, 0.4) is 0 Å². The van der Waals surface area contributed by atoms with E-state index < -0.39 is 14.9 Å². The van der Waals surface area contributed by atoms with Crippen molar-refractivity contribution < 1.29 is 18.1 Å². The Morgan fingerprint density at radius 1 is 1.42 bits per heavy atom. The second kappa shape index (κ2) is 6.37. The van der Waals surface area contributed by atoms with Crippen molar-refractivity contribution in [1.82, 2.24) is 0 Å². The number of hydrogen-bond donors (Lipinski definition) is 1. The summed E-state index contributed by atoms with van der Waals surface area (Å²) in [5.74, 6) is 0.209. The molecule has 0 spiro atoms. The maximum absolute atomic E-state index is 11.8. The molecule has 0 aliphatic carbocycles. The first kappa shape index (κ1) is 15.2. The molecular formula is C11H16N2O5S. The molecule has 0 atom stereocenters. The van der Waals surface area contributed by atoms with Gasteiger partial charge in [0, 0.05) is 12.1 Å². The zero-order valence-corrected chi connectivity index (χ0v) is 11.6. The Morgan fingerprint density at radius 2 is 2.11 bits per heavy atom. The number of rotatable bonds is 7. The van der Waals surface area contributed by atoms with Crippen LogP contribution in [0.4, 0.5) is 11.4 Å². The summed E-state index contributed by atoms with van der Waals surface area (Å²) >= 11 is 0. The van der Waals surface area contributed by atoms with Crippen LogP contribution < -0.4 is 9.46 Å². The number of unbranched alkanes of at least 4 members (excludes halogenated alkanes) is 1. The minimum absolute atomic E-state index is 0.0324. The van der Waals surface area contributed by atoms with Crippen molar-refractivity contribution in [2.45, 2.75) is 19.8 Å². The maximum atomic E-state index is 11.8. The van der Waals surface area contributed by atoms with Gasteiger partial charge in [0.2, 0.25) is 10.0 Å². The molecule has 1 rings (SSSR count). The minimum atomic E-state index is -3.52. The molecule has 0 unspecified atom stereocenters. The Hall–Kier alpha value is -1.83. The second-order valence-electron chi connectivity index (χ2n) is 3.92. The first-order chi connectivity index (χ1) is 8.89. The number of nitro benzene ring substituents is 1. The lowest BCUT2D eigenvalue weighted by Gasteiger charge is -2.11. The van der Waals surface area contributed by atoms with Crippen LogP contribution in [-0.2, 0) is 10.0 Å². The summed E-state index contributed by atoms with van der Waals surface area (Å²) in [6.45, 7) is 1.88. The summed E-state index contributed by atoms with van der Waals surface area (Å²) in [6, 6.07) is 3.75. The molecule has 19 heavy (non-hydrogen) atoms. The molecule has 0 amide bonds. The van der Waals surface area contributed by atoms with Gasteiger partial charge in [-0.1, -0.05) is 13.3 Å². The third kappa shape index (κ3) is 4.40. The fourth-order valence-corrected chi connectivity index (χ4v) is 2.71. The van der Waals surface area contributed by atoms with Gasteiger partial charge < -0.3 is 4.74 Å². The van der Waals surface area contributed by atoms with Crippen LogP contribution >= 0.6 is 0 Å². The predicted molar refractivity (Wildman–Crippen MR) is 72.0 cm³/mol. The molecule has 0 radical (unpaired) electrons. The number of hydrogen-bond acceptors (Lipinski definition) is 5. The number of nitro groups is 1. The number of nitrogens with zero attached hydrogens (tertiary/aromatic N) is 1. The van der Waals surface area contributed by atoms with Gasteiger partial charge in [-0.15, -0.1) is 0 Å². The molecule has 1 aromatic carbocycles. The first-order valence-electron chi connectivity index (χ1n) is 5.72. The van der Waals surface area contributed by atoms with Crippen LogP contribution in [0.1, 0.15) is 19.8 Å². The van der Waals surface area contributed by atoms with Gasteiger partial charge in [-0.25, -0.2) is 8.42 Å². The maximum Gasteiger partial charge on any atom is 0.271 e. The molecule has 1 aromatic rings. The molecule has 0 bridgehead atoms. The number of non-ortho nitro benzene ring substituents is 1. The average molecular weight is 288 g/mol. The van der Waals surface area contributed by atoms with Crippen molar-refractivity contribution >= 4 is 21.4 Å². The Morgan fingerprint density at radius 3 is 2.63 bits per heavy atom. The summed E-state index contributed by atoms with van der Waals surface area (Å²) in [7, 11) is -2.16. The Balaban J connectivity index is 3.04. The molecule has 7 nitrogen and oxygen atoms in total. The number of methoxy groups -OCH3 is 1. The van der Waals surface area contributed by atoms with E-state index in [2.05, 4.69) is 4.72 Å². The van der Waals surface area contributed by atoms with E-state index in [9.17, 15) is 18.5 Å². The van der Waals surface area contributed by atoms with Crippen LogP contribution in [0, 0.1) is 10.1 Å². The molecule has 1 N–H and O–H groups in total. The van der Waals surface area contributed by atoms with Gasteiger partial charge in [0.05, 0.1) is 23.5 Å². The third-order valence-electron chi connectivity index (χ3n) is 2.43. The molecule has 0 aliphatic heterocycles. The Labute approximate surface area is 111 Å². The van der Waals surface area contributed by atoms with Crippen LogP contribution in [0.2, 0.25) is 0 Å². The minimum Gasteiger partial charge on any atom is -0.495 e. The lowest BCUT2D eigenvalue weighted by Crippen LogP contribution is -2.17. The lowest BCUT2D eigenvalue weighted by atomic mass is 10.2. The smallest absolute Gasteiger partial charge is 0.271 e. The SMILES string of the molecule is CCCCS(=O)(=O)Nc1cc([N+](=O)[O-])ccc1OC. The van der Waals surface area contributed by atoms with Gasteiger partial charge >= 0.3 is 0 Å². The van der Waals surface area contributed by atoms with E-state index in [0.29, 0.717) is 6.42 Å². The molecule has 0 aromatic heterocycles. The van der Waals surface area contributed by atoms with E-state index >= 15 is 0 Å². The number of sulfonamides is 1. The molecule has 0 fully saturated rings. The molecule has 0 heterocycles. The first-order valence-corrected chi connectivity index (χ1v) is 7.37. The number of ether oxygens (including phenoxy) is 1. The fourth-order valence-electron chi connectivity index (χ4n) is 1.44. The largest absolute Gasteiger partial charge is 0.495 e. The third-order valence-corrected chi connectivity index (χ3v) is 3.78. The van der Waals surface area contributed by atoms with Crippen LogP contribution in [0.15, 0.2) is 18.2 Å². The zero-order valence-electron chi connectivity index (χ0n) is 10.8. The molecule has 106 valence electrons. The topological polar surface area (TPSA) is 98.5 Å². The molecular weight excluding hydrogens is 272 g/mol. The molecule has 0 saturated carbocycles. The van der Waals surface area contributed by atoms with Gasteiger partial charge in [0.1, 0.15) is 5.75 Å². The number of benzene rings is 1. The highest BCUT2D eigenvalue weighted by molar-refractivity contribution is 7.92. The normalized spacial score (nSPS) is 11.1. The van der Waals surface area contributed by atoms with Gasteiger partial charge in [0.15, 0.2) is 0 Å². The summed E-state index contributed by atoms with van der Waals surface area (Å²) in [5.41, 5.74) is -0.123. The van der Waals surface area contributed by atoms with Crippen molar-refractivity contribution in [3.63, 3.8) is 0 Å². The van der Waals surface area contributed by atoms with E-state index in [1.807, 2.05) is 6.92 Å². The van der Waals surface area contributed by atoms with E-state index in [-0.39, 0.29) is 22.9 Å². The van der Waals surface area contributed by atoms with Crippen molar-refractivity contribution in [3.05, 3.63) is 28.3 Å².